The van der Waals surface area contributed by atoms with Gasteiger partial charge >= 0.3 is 0 Å². The molecule has 0 unspecified atom stereocenters. The van der Waals surface area contributed by atoms with Gasteiger partial charge in [-0.25, -0.2) is 8.42 Å². The van der Waals surface area contributed by atoms with Gasteiger partial charge in [-0.15, -0.1) is 0 Å². The van der Waals surface area contributed by atoms with Crippen LogP contribution >= 0.6 is 0 Å². The van der Waals surface area contributed by atoms with Crippen LogP contribution in [0.5, 0.6) is 0 Å². The molecule has 1 aromatic heterocycles. The zero-order valence-corrected chi connectivity index (χ0v) is 22.4. The second-order valence-electron chi connectivity index (χ2n) is 9.39. The van der Waals surface area contributed by atoms with Crippen molar-refractivity contribution in [3.8, 4) is 0 Å². The Kier molecular flexibility index (Phi) is 9.36. The van der Waals surface area contributed by atoms with Gasteiger partial charge in [-0.2, -0.15) is 4.31 Å². The lowest BCUT2D eigenvalue weighted by molar-refractivity contribution is -0.129. The van der Waals surface area contributed by atoms with Gasteiger partial charge in [0, 0.05) is 32.2 Å². The van der Waals surface area contributed by atoms with Crippen molar-refractivity contribution in [3.05, 3.63) is 78.1 Å². The minimum atomic E-state index is -3.88. The molecule has 0 saturated carbocycles. The molecule has 1 heterocycles. The van der Waals surface area contributed by atoms with Gasteiger partial charge in [-0.3, -0.25) is 14.6 Å². The van der Waals surface area contributed by atoms with E-state index in [1.165, 1.54) is 32.8 Å². The van der Waals surface area contributed by atoms with Gasteiger partial charge in [0.2, 0.25) is 15.9 Å². The molecule has 3 rings (SSSR count). The van der Waals surface area contributed by atoms with Crippen LogP contribution in [-0.2, 0) is 21.2 Å². The first kappa shape index (κ1) is 28.2. The van der Waals surface area contributed by atoms with E-state index >= 15 is 0 Å². The van der Waals surface area contributed by atoms with Crippen LogP contribution in [0.1, 0.15) is 29.9 Å². The number of amides is 2. The summed E-state index contributed by atoms with van der Waals surface area (Å²) in [6.45, 7) is 2.26. The van der Waals surface area contributed by atoms with Gasteiger partial charge in [-0.1, -0.05) is 54.6 Å². The Balaban J connectivity index is 1.92. The van der Waals surface area contributed by atoms with Crippen LogP contribution < -0.4 is 5.32 Å². The van der Waals surface area contributed by atoms with E-state index in [0.29, 0.717) is 5.39 Å². The molecule has 0 radical (unpaired) electrons. The molecule has 2 amide bonds. The van der Waals surface area contributed by atoms with E-state index in [1.54, 1.807) is 18.3 Å². The summed E-state index contributed by atoms with van der Waals surface area (Å²) < 4.78 is 27.1. The number of hydrogen-bond acceptors (Lipinski definition) is 6. The van der Waals surface area contributed by atoms with Crippen LogP contribution in [0, 0.1) is 0 Å². The van der Waals surface area contributed by atoms with Crippen molar-refractivity contribution in [2.75, 3.05) is 27.2 Å². The van der Waals surface area contributed by atoms with Crippen LogP contribution in [0.4, 0.5) is 0 Å². The van der Waals surface area contributed by atoms with E-state index in [4.69, 9.17) is 0 Å². The molecule has 9 nitrogen and oxygen atoms in total. The van der Waals surface area contributed by atoms with Gasteiger partial charge in [0.1, 0.15) is 5.69 Å². The molecule has 2 aromatic carbocycles. The molecule has 2 N–H and O–H groups in total. The topological polar surface area (TPSA) is 120 Å². The van der Waals surface area contributed by atoms with Crippen molar-refractivity contribution in [3.63, 3.8) is 0 Å². The number of carbonyl (C=O) groups excluding carboxylic acids is 2. The average Bonchev–Trinajstić information content (AvgIpc) is 2.87. The molecule has 3 aromatic rings. The molecule has 0 spiro atoms. The van der Waals surface area contributed by atoms with E-state index in [9.17, 15) is 23.1 Å². The minimum Gasteiger partial charge on any atom is -0.390 e. The number of aliphatic hydroxyl groups is 1. The molecule has 0 aliphatic heterocycles. The number of likely N-dealkylation sites (N-methyl/N-ethyl adjacent to an activating group) is 1. The number of aliphatic hydroxyl groups excluding tert-OH is 1. The first-order chi connectivity index (χ1) is 17.5. The van der Waals surface area contributed by atoms with Crippen LogP contribution in [-0.4, -0.2) is 84.1 Å². The number of aromatic nitrogens is 1. The molecule has 198 valence electrons. The first-order valence-corrected chi connectivity index (χ1v) is 13.6. The predicted molar refractivity (Wildman–Crippen MR) is 143 cm³/mol. The minimum absolute atomic E-state index is 0.206. The smallest absolute Gasteiger partial charge is 0.270 e. The highest BCUT2D eigenvalue weighted by atomic mass is 32.2. The standard InChI is InChI=1S/C27H34N4O5S/c1-19(2)37(35,36)31(18-25(33)30(3)4)17-24(32)23(16-20-10-6-5-7-11-20)29-27(34)26-22-13-9-8-12-21(22)14-15-28-26/h5-15,19,23-24,32H,16-18H2,1-4H3,(H,29,34)/t23-,24+/m0/s1. The lowest BCUT2D eigenvalue weighted by Gasteiger charge is -2.31. The number of fused-ring (bicyclic) bond motifs is 1. The second kappa shape index (κ2) is 12.3. The van der Waals surface area contributed by atoms with Crippen LogP contribution in [0.15, 0.2) is 66.9 Å². The van der Waals surface area contributed by atoms with Crippen molar-refractivity contribution in [2.24, 2.45) is 0 Å². The lowest BCUT2D eigenvalue weighted by Crippen LogP contribution is -2.53. The summed E-state index contributed by atoms with van der Waals surface area (Å²) in [6, 6.07) is 17.6. The van der Waals surface area contributed by atoms with Crippen molar-refractivity contribution < 1.29 is 23.1 Å². The summed E-state index contributed by atoms with van der Waals surface area (Å²) >= 11 is 0. The number of sulfonamides is 1. The number of hydrogen-bond donors (Lipinski definition) is 2. The first-order valence-electron chi connectivity index (χ1n) is 12.1. The zero-order valence-electron chi connectivity index (χ0n) is 21.5. The van der Waals surface area contributed by atoms with E-state index in [1.807, 2.05) is 48.5 Å². The van der Waals surface area contributed by atoms with E-state index < -0.39 is 45.8 Å². The summed E-state index contributed by atoms with van der Waals surface area (Å²) in [5.74, 6) is -0.903. The molecular weight excluding hydrogens is 492 g/mol. The van der Waals surface area contributed by atoms with Gasteiger partial charge in [0.05, 0.1) is 23.9 Å². The Hall–Kier alpha value is -3.34. The highest BCUT2D eigenvalue weighted by Gasteiger charge is 2.33. The second-order valence-corrected chi connectivity index (χ2v) is 11.9. The van der Waals surface area contributed by atoms with E-state index in [0.717, 1.165) is 15.3 Å². The van der Waals surface area contributed by atoms with Crippen LogP contribution in [0.3, 0.4) is 0 Å². The van der Waals surface area contributed by atoms with Gasteiger partial charge in [0.25, 0.3) is 5.91 Å². The highest BCUT2D eigenvalue weighted by molar-refractivity contribution is 7.89. The van der Waals surface area contributed by atoms with E-state index in [2.05, 4.69) is 10.3 Å². The summed E-state index contributed by atoms with van der Waals surface area (Å²) in [6.07, 6.45) is 0.488. The SMILES string of the molecule is CC(C)S(=O)(=O)N(CC(=O)N(C)C)C[C@@H](O)[C@H](Cc1ccccc1)NC(=O)c1nccc2ccccc12. The monoisotopic (exact) mass is 526 g/mol. The summed E-state index contributed by atoms with van der Waals surface area (Å²) in [5.41, 5.74) is 1.05. The number of pyridine rings is 1. The lowest BCUT2D eigenvalue weighted by atomic mass is 10.0. The van der Waals surface area contributed by atoms with Crippen molar-refractivity contribution in [2.45, 2.75) is 37.7 Å². The maximum atomic E-state index is 13.3. The van der Waals surface area contributed by atoms with Gasteiger partial charge in [-0.05, 0) is 37.3 Å². The fourth-order valence-electron chi connectivity index (χ4n) is 3.87. The molecule has 2 atom stereocenters. The van der Waals surface area contributed by atoms with Crippen molar-refractivity contribution in [1.82, 2.24) is 19.5 Å². The molecule has 10 heteroatoms. The number of rotatable bonds is 11. The molecule has 0 fully saturated rings. The third-order valence-corrected chi connectivity index (χ3v) is 8.31. The number of nitrogens with one attached hydrogen (secondary N) is 1. The Labute approximate surface area is 218 Å². The number of carbonyl (C=O) groups is 2. The largest absolute Gasteiger partial charge is 0.390 e. The molecule has 37 heavy (non-hydrogen) atoms. The highest BCUT2D eigenvalue weighted by Crippen LogP contribution is 2.18. The molecule has 0 aliphatic carbocycles. The Morgan fingerprint density at radius 3 is 2.30 bits per heavy atom. The zero-order chi connectivity index (χ0) is 27.2. The van der Waals surface area contributed by atoms with Crippen molar-refractivity contribution >= 4 is 32.6 Å². The Morgan fingerprint density at radius 1 is 1.00 bits per heavy atom. The Bertz CT molecular complexity index is 1320. The molecule has 0 saturated heterocycles. The fraction of sp³-hybridized carbons (Fsp3) is 0.370. The summed E-state index contributed by atoms with van der Waals surface area (Å²) in [5, 5.41) is 14.9. The summed E-state index contributed by atoms with van der Waals surface area (Å²) in [7, 11) is -0.805. The van der Waals surface area contributed by atoms with Gasteiger partial charge < -0.3 is 15.3 Å². The summed E-state index contributed by atoms with van der Waals surface area (Å²) in [4.78, 5) is 31.3. The molecule has 0 aliphatic rings. The third-order valence-electron chi connectivity index (χ3n) is 6.12. The maximum Gasteiger partial charge on any atom is 0.270 e. The van der Waals surface area contributed by atoms with Crippen LogP contribution in [0.25, 0.3) is 10.8 Å². The maximum absolute atomic E-state index is 13.3. The number of benzene rings is 2. The van der Waals surface area contributed by atoms with Crippen LogP contribution in [0.2, 0.25) is 0 Å². The molecule has 0 bridgehead atoms. The quantitative estimate of drug-likeness (QED) is 0.395. The third kappa shape index (κ3) is 7.12. The number of nitrogens with zero attached hydrogens (tertiary/aromatic N) is 3. The average molecular weight is 527 g/mol. The molecular formula is C27H34N4O5S. The fourth-order valence-corrected chi connectivity index (χ4v) is 5.12. The van der Waals surface area contributed by atoms with Crippen molar-refractivity contribution in [1.29, 1.82) is 0 Å². The predicted octanol–water partition coefficient (Wildman–Crippen LogP) is 2.07. The Morgan fingerprint density at radius 2 is 1.65 bits per heavy atom. The normalized spacial score (nSPS) is 13.5. The van der Waals surface area contributed by atoms with E-state index in [-0.39, 0.29) is 18.7 Å². The van der Waals surface area contributed by atoms with Gasteiger partial charge in [0.15, 0.2) is 0 Å².